The summed E-state index contributed by atoms with van der Waals surface area (Å²) < 4.78 is 6.30. The fraction of sp³-hybridized carbons (Fsp3) is 0.231. The molecule has 0 amide bonds. The minimum absolute atomic E-state index is 0.746. The first kappa shape index (κ1) is 12.7. The number of nitrogens with one attached hydrogen (secondary N) is 1. The van der Waals surface area contributed by atoms with Gasteiger partial charge in [0.1, 0.15) is 5.76 Å². The van der Waals surface area contributed by atoms with E-state index >= 15 is 0 Å². The van der Waals surface area contributed by atoms with Crippen molar-refractivity contribution in [2.75, 3.05) is 6.54 Å². The lowest BCUT2D eigenvalue weighted by atomic mass is 10.2. The average Bonchev–Trinajstić information content (AvgIpc) is 2.79. The number of hydrogen-bond acceptors (Lipinski definition) is 2. The maximum absolute atomic E-state index is 5.88. The fourth-order valence-corrected chi connectivity index (χ4v) is 2.38. The molecule has 0 fully saturated rings. The van der Waals surface area contributed by atoms with E-state index in [1.54, 1.807) is 6.26 Å². The predicted molar refractivity (Wildman–Crippen MR) is 73.3 cm³/mol. The van der Waals surface area contributed by atoms with Gasteiger partial charge in [-0.25, -0.2) is 0 Å². The molecule has 0 saturated carbocycles. The van der Waals surface area contributed by atoms with Gasteiger partial charge in [0.2, 0.25) is 0 Å². The van der Waals surface area contributed by atoms with Crippen LogP contribution in [-0.2, 0) is 13.0 Å². The van der Waals surface area contributed by atoms with Crippen LogP contribution in [0.2, 0.25) is 5.02 Å². The topological polar surface area (TPSA) is 25.2 Å². The van der Waals surface area contributed by atoms with E-state index in [9.17, 15) is 0 Å². The van der Waals surface area contributed by atoms with Crippen LogP contribution in [0, 0.1) is 0 Å². The van der Waals surface area contributed by atoms with E-state index in [2.05, 4.69) is 21.2 Å². The Morgan fingerprint density at radius 1 is 1.29 bits per heavy atom. The summed E-state index contributed by atoms with van der Waals surface area (Å²) in [6.45, 7) is 1.71. The molecule has 1 aromatic carbocycles. The first-order chi connectivity index (χ1) is 8.25. The van der Waals surface area contributed by atoms with Crippen molar-refractivity contribution in [3.8, 4) is 0 Å². The standard InChI is InChI=1S/C13H13BrClNO/c14-13-8-11(15)4-3-10(13)9-16-6-5-12-2-1-7-17-12/h1-4,7-8,16H,5-6,9H2. The SMILES string of the molecule is Clc1ccc(CNCCc2ccco2)c(Br)c1. The summed E-state index contributed by atoms with van der Waals surface area (Å²) >= 11 is 9.38. The maximum Gasteiger partial charge on any atom is 0.105 e. The molecule has 0 aliphatic heterocycles. The Balaban J connectivity index is 1.78. The second-order valence-electron chi connectivity index (χ2n) is 3.74. The van der Waals surface area contributed by atoms with E-state index in [0.717, 1.165) is 34.8 Å². The van der Waals surface area contributed by atoms with Gasteiger partial charge in [-0.15, -0.1) is 0 Å². The Hall–Kier alpha value is -0.770. The molecular formula is C13H13BrClNO. The van der Waals surface area contributed by atoms with Crippen molar-refractivity contribution in [1.29, 1.82) is 0 Å². The summed E-state index contributed by atoms with van der Waals surface area (Å²) in [5.74, 6) is 1.01. The van der Waals surface area contributed by atoms with Crippen molar-refractivity contribution in [1.82, 2.24) is 5.32 Å². The van der Waals surface area contributed by atoms with Gasteiger partial charge in [-0.1, -0.05) is 33.6 Å². The molecule has 2 aromatic rings. The van der Waals surface area contributed by atoms with E-state index in [4.69, 9.17) is 16.0 Å². The van der Waals surface area contributed by atoms with Gasteiger partial charge in [-0.05, 0) is 29.8 Å². The van der Waals surface area contributed by atoms with E-state index < -0.39 is 0 Å². The normalized spacial score (nSPS) is 10.7. The lowest BCUT2D eigenvalue weighted by Crippen LogP contribution is -2.16. The number of benzene rings is 1. The first-order valence-electron chi connectivity index (χ1n) is 5.43. The fourth-order valence-electron chi connectivity index (χ4n) is 1.55. The van der Waals surface area contributed by atoms with Crippen LogP contribution in [0.3, 0.4) is 0 Å². The van der Waals surface area contributed by atoms with Gasteiger partial charge >= 0.3 is 0 Å². The minimum atomic E-state index is 0.746. The van der Waals surface area contributed by atoms with Crippen LogP contribution in [0.15, 0.2) is 45.5 Å². The molecule has 2 rings (SSSR count). The Morgan fingerprint density at radius 3 is 2.88 bits per heavy atom. The van der Waals surface area contributed by atoms with Crippen LogP contribution in [0.4, 0.5) is 0 Å². The minimum Gasteiger partial charge on any atom is -0.469 e. The van der Waals surface area contributed by atoms with Crippen molar-refractivity contribution in [2.24, 2.45) is 0 Å². The molecular weight excluding hydrogens is 302 g/mol. The number of hydrogen-bond donors (Lipinski definition) is 1. The van der Waals surface area contributed by atoms with E-state index in [-0.39, 0.29) is 0 Å². The zero-order valence-electron chi connectivity index (χ0n) is 9.25. The Kier molecular flexibility index (Phi) is 4.66. The summed E-state index contributed by atoms with van der Waals surface area (Å²) in [7, 11) is 0. The third kappa shape index (κ3) is 3.87. The van der Waals surface area contributed by atoms with Crippen molar-refractivity contribution < 1.29 is 4.42 Å². The third-order valence-corrected chi connectivity index (χ3v) is 3.43. The highest BCUT2D eigenvalue weighted by atomic mass is 79.9. The van der Waals surface area contributed by atoms with E-state index in [1.165, 1.54) is 5.56 Å². The highest BCUT2D eigenvalue weighted by molar-refractivity contribution is 9.10. The van der Waals surface area contributed by atoms with Gasteiger partial charge in [-0.2, -0.15) is 0 Å². The van der Waals surface area contributed by atoms with E-state index in [1.807, 2.05) is 30.3 Å². The average molecular weight is 315 g/mol. The Labute approximate surface area is 114 Å². The molecule has 2 nitrogen and oxygen atoms in total. The first-order valence-corrected chi connectivity index (χ1v) is 6.60. The zero-order valence-corrected chi connectivity index (χ0v) is 11.6. The van der Waals surface area contributed by atoms with Gasteiger partial charge in [-0.3, -0.25) is 0 Å². The van der Waals surface area contributed by atoms with Gasteiger partial charge < -0.3 is 9.73 Å². The van der Waals surface area contributed by atoms with Crippen molar-refractivity contribution >= 4 is 27.5 Å². The zero-order chi connectivity index (χ0) is 12.1. The van der Waals surface area contributed by atoms with Crippen LogP contribution in [0.5, 0.6) is 0 Å². The lowest BCUT2D eigenvalue weighted by Gasteiger charge is -2.06. The highest BCUT2D eigenvalue weighted by Gasteiger charge is 2.00. The summed E-state index contributed by atoms with van der Waals surface area (Å²) in [5, 5.41) is 4.11. The van der Waals surface area contributed by atoms with Crippen LogP contribution in [-0.4, -0.2) is 6.54 Å². The van der Waals surface area contributed by atoms with Crippen LogP contribution >= 0.6 is 27.5 Å². The maximum atomic E-state index is 5.88. The molecule has 1 aromatic heterocycles. The number of rotatable bonds is 5. The summed E-state index contributed by atoms with van der Waals surface area (Å²) in [4.78, 5) is 0. The molecule has 0 aliphatic rings. The summed E-state index contributed by atoms with van der Waals surface area (Å²) in [6, 6.07) is 9.72. The second kappa shape index (κ2) is 6.24. The molecule has 0 saturated heterocycles. The Morgan fingerprint density at radius 2 is 2.18 bits per heavy atom. The molecule has 0 atom stereocenters. The molecule has 1 N–H and O–H groups in total. The van der Waals surface area contributed by atoms with Crippen LogP contribution < -0.4 is 5.32 Å². The molecule has 1 heterocycles. The van der Waals surface area contributed by atoms with Gasteiger partial charge in [0.15, 0.2) is 0 Å². The smallest absolute Gasteiger partial charge is 0.105 e. The third-order valence-electron chi connectivity index (χ3n) is 2.46. The van der Waals surface area contributed by atoms with Gasteiger partial charge in [0, 0.05) is 29.0 Å². The van der Waals surface area contributed by atoms with Crippen LogP contribution in [0.25, 0.3) is 0 Å². The molecule has 0 unspecified atom stereocenters. The summed E-state index contributed by atoms with van der Waals surface area (Å²) in [5.41, 5.74) is 1.20. The Bertz CT molecular complexity index is 470. The molecule has 0 spiro atoms. The molecule has 90 valence electrons. The monoisotopic (exact) mass is 313 g/mol. The molecule has 4 heteroatoms. The number of halogens is 2. The number of furan rings is 1. The molecule has 17 heavy (non-hydrogen) atoms. The van der Waals surface area contributed by atoms with Gasteiger partial charge in [0.25, 0.3) is 0 Å². The van der Waals surface area contributed by atoms with Crippen molar-refractivity contribution in [3.05, 3.63) is 57.4 Å². The van der Waals surface area contributed by atoms with E-state index in [0.29, 0.717) is 0 Å². The van der Waals surface area contributed by atoms with Crippen molar-refractivity contribution in [2.45, 2.75) is 13.0 Å². The molecule has 0 aliphatic carbocycles. The predicted octanol–water partition coefficient (Wildman–Crippen LogP) is 4.03. The van der Waals surface area contributed by atoms with Crippen molar-refractivity contribution in [3.63, 3.8) is 0 Å². The lowest BCUT2D eigenvalue weighted by molar-refractivity contribution is 0.498. The quantitative estimate of drug-likeness (QED) is 0.843. The molecule has 0 radical (unpaired) electrons. The van der Waals surface area contributed by atoms with Gasteiger partial charge in [0.05, 0.1) is 6.26 Å². The largest absolute Gasteiger partial charge is 0.469 e. The highest BCUT2D eigenvalue weighted by Crippen LogP contribution is 2.21. The summed E-state index contributed by atoms with van der Waals surface area (Å²) in [6.07, 6.45) is 2.60. The second-order valence-corrected chi connectivity index (χ2v) is 5.03. The van der Waals surface area contributed by atoms with Crippen LogP contribution in [0.1, 0.15) is 11.3 Å². The molecule has 0 bridgehead atoms.